The molecule has 0 aliphatic carbocycles. The number of aliphatic carboxylic acids is 1. The Balaban J connectivity index is 2.32. The zero-order valence-electron chi connectivity index (χ0n) is 9.58. The van der Waals surface area contributed by atoms with Crippen LogP contribution in [0.2, 0.25) is 5.02 Å². The van der Waals surface area contributed by atoms with E-state index in [4.69, 9.17) is 22.0 Å². The molecule has 1 aliphatic rings. The quantitative estimate of drug-likeness (QED) is 0.895. The van der Waals surface area contributed by atoms with Crippen LogP contribution in [0.4, 0.5) is 0 Å². The number of sulfonamides is 1. The smallest absolute Gasteiger partial charge is 0.309 e. The fourth-order valence-electron chi connectivity index (χ4n) is 1.70. The second-order valence-electron chi connectivity index (χ2n) is 4.11. The number of benzene rings is 1. The van der Waals surface area contributed by atoms with Crippen molar-refractivity contribution in [1.82, 2.24) is 4.31 Å². The summed E-state index contributed by atoms with van der Waals surface area (Å²) in [5.41, 5.74) is 0.179. The lowest BCUT2D eigenvalue weighted by Gasteiger charge is -2.35. The van der Waals surface area contributed by atoms with Gasteiger partial charge >= 0.3 is 5.97 Å². The van der Waals surface area contributed by atoms with E-state index >= 15 is 0 Å². The third kappa shape index (κ3) is 2.42. The van der Waals surface area contributed by atoms with Crippen LogP contribution >= 0.6 is 11.6 Å². The first-order valence-electron chi connectivity index (χ1n) is 5.29. The molecule has 0 unspecified atom stereocenters. The molecule has 6 nitrogen and oxygen atoms in total. The van der Waals surface area contributed by atoms with Crippen molar-refractivity contribution in [2.45, 2.75) is 4.90 Å². The molecule has 2 rings (SSSR count). The third-order valence-electron chi connectivity index (χ3n) is 2.88. The van der Waals surface area contributed by atoms with Gasteiger partial charge in [-0.05, 0) is 18.2 Å². The number of carbonyl (C=O) groups is 1. The Morgan fingerprint density at radius 2 is 2.11 bits per heavy atom. The molecule has 0 spiro atoms. The number of carboxylic acids is 1. The topological polar surface area (TPSA) is 98.5 Å². The van der Waals surface area contributed by atoms with Crippen molar-refractivity contribution in [3.63, 3.8) is 0 Å². The molecule has 0 bridgehead atoms. The number of hydrogen-bond acceptors (Lipinski definition) is 4. The summed E-state index contributed by atoms with van der Waals surface area (Å²) >= 11 is 5.83. The molecular formula is C11H9ClN2O4S. The van der Waals surface area contributed by atoms with E-state index in [1.54, 1.807) is 0 Å². The number of carboxylic acid groups (broad SMARTS) is 1. The normalized spacial score (nSPS) is 16.6. The van der Waals surface area contributed by atoms with Crippen LogP contribution in [0.1, 0.15) is 5.56 Å². The van der Waals surface area contributed by atoms with Crippen molar-refractivity contribution in [3.8, 4) is 6.07 Å². The lowest BCUT2D eigenvalue weighted by atomic mass is 10.0. The molecule has 8 heteroatoms. The van der Waals surface area contributed by atoms with Gasteiger partial charge in [-0.25, -0.2) is 8.42 Å². The first-order valence-corrected chi connectivity index (χ1v) is 7.10. The highest BCUT2D eigenvalue weighted by atomic mass is 35.5. The molecule has 0 amide bonds. The summed E-state index contributed by atoms with van der Waals surface area (Å²) in [6.45, 7) is -0.157. The predicted molar refractivity (Wildman–Crippen MR) is 66.1 cm³/mol. The van der Waals surface area contributed by atoms with Crippen LogP contribution in [-0.2, 0) is 14.8 Å². The van der Waals surface area contributed by atoms with Gasteiger partial charge in [0.15, 0.2) is 0 Å². The maximum atomic E-state index is 12.2. The van der Waals surface area contributed by atoms with Crippen LogP contribution < -0.4 is 0 Å². The number of hydrogen-bond donors (Lipinski definition) is 1. The summed E-state index contributed by atoms with van der Waals surface area (Å²) in [7, 11) is -3.84. The van der Waals surface area contributed by atoms with Gasteiger partial charge in [0, 0.05) is 13.1 Å². The Morgan fingerprint density at radius 3 is 2.63 bits per heavy atom. The van der Waals surface area contributed by atoms with Gasteiger partial charge in [-0.1, -0.05) is 11.6 Å². The lowest BCUT2D eigenvalue weighted by Crippen LogP contribution is -2.52. The van der Waals surface area contributed by atoms with Crippen molar-refractivity contribution >= 4 is 27.6 Å². The Labute approximate surface area is 114 Å². The van der Waals surface area contributed by atoms with Gasteiger partial charge in [-0.2, -0.15) is 9.57 Å². The van der Waals surface area contributed by atoms with Crippen LogP contribution in [0.3, 0.4) is 0 Å². The summed E-state index contributed by atoms with van der Waals surface area (Å²) in [6.07, 6.45) is 0. The number of rotatable bonds is 3. The van der Waals surface area contributed by atoms with Crippen LogP contribution in [0.25, 0.3) is 0 Å². The Morgan fingerprint density at radius 1 is 1.47 bits per heavy atom. The first kappa shape index (κ1) is 13.8. The summed E-state index contributed by atoms with van der Waals surface area (Å²) in [5.74, 6) is -1.71. The fraction of sp³-hybridized carbons (Fsp3) is 0.273. The summed E-state index contributed by atoms with van der Waals surface area (Å²) in [5, 5.41) is 17.5. The molecule has 1 N–H and O–H groups in total. The van der Waals surface area contributed by atoms with Gasteiger partial charge in [-0.15, -0.1) is 0 Å². The van der Waals surface area contributed by atoms with E-state index in [9.17, 15) is 13.2 Å². The fourth-order valence-corrected chi connectivity index (χ4v) is 3.73. The maximum absolute atomic E-state index is 12.2. The molecule has 19 heavy (non-hydrogen) atoms. The number of nitrogens with zero attached hydrogens (tertiary/aromatic N) is 2. The molecule has 1 aliphatic heterocycles. The average Bonchev–Trinajstić information content (AvgIpc) is 2.26. The molecule has 100 valence electrons. The monoisotopic (exact) mass is 300 g/mol. The lowest BCUT2D eigenvalue weighted by molar-refractivity contribution is -0.145. The Kier molecular flexibility index (Phi) is 3.49. The molecule has 1 heterocycles. The second kappa shape index (κ2) is 4.81. The van der Waals surface area contributed by atoms with Crippen LogP contribution in [-0.4, -0.2) is 36.9 Å². The maximum Gasteiger partial charge on any atom is 0.309 e. The van der Waals surface area contributed by atoms with Crippen molar-refractivity contribution < 1.29 is 18.3 Å². The standard InChI is InChI=1S/C11H9ClN2O4S/c12-9-2-1-7(4-13)3-10(9)19(17,18)14-5-8(6-14)11(15)16/h1-3,8H,5-6H2,(H,15,16). The van der Waals surface area contributed by atoms with Gasteiger partial charge in [0.05, 0.1) is 22.6 Å². The molecular weight excluding hydrogens is 292 g/mol. The van der Waals surface area contributed by atoms with E-state index in [0.29, 0.717) is 0 Å². The number of nitriles is 1. The van der Waals surface area contributed by atoms with Gasteiger partial charge in [0.1, 0.15) is 4.90 Å². The molecule has 1 aromatic carbocycles. The van der Waals surface area contributed by atoms with Crippen molar-refractivity contribution in [1.29, 1.82) is 5.26 Å². The Bertz CT molecular complexity index is 674. The second-order valence-corrected chi connectivity index (χ2v) is 6.43. The average molecular weight is 301 g/mol. The summed E-state index contributed by atoms with van der Waals surface area (Å²) in [4.78, 5) is 10.5. The third-order valence-corrected chi connectivity index (χ3v) is 5.19. The van der Waals surface area contributed by atoms with Crippen LogP contribution in [0, 0.1) is 17.2 Å². The molecule has 1 fully saturated rings. The molecule has 0 atom stereocenters. The SMILES string of the molecule is N#Cc1ccc(Cl)c(S(=O)(=O)N2CC(C(=O)O)C2)c1. The largest absolute Gasteiger partial charge is 0.481 e. The van der Waals surface area contributed by atoms with E-state index < -0.39 is 21.9 Å². The predicted octanol–water partition coefficient (Wildman–Crippen LogP) is 0.917. The Hall–Kier alpha value is -1.62. The zero-order valence-corrected chi connectivity index (χ0v) is 11.1. The van der Waals surface area contributed by atoms with E-state index in [1.165, 1.54) is 18.2 Å². The van der Waals surface area contributed by atoms with Crippen LogP contribution in [0.15, 0.2) is 23.1 Å². The molecule has 1 saturated heterocycles. The van der Waals surface area contributed by atoms with Crippen molar-refractivity contribution in [3.05, 3.63) is 28.8 Å². The van der Waals surface area contributed by atoms with Crippen LogP contribution in [0.5, 0.6) is 0 Å². The molecule has 0 saturated carbocycles. The first-order chi connectivity index (χ1) is 8.86. The highest BCUT2D eigenvalue weighted by Crippen LogP contribution is 2.30. The van der Waals surface area contributed by atoms with Gasteiger partial charge in [0.2, 0.25) is 10.0 Å². The van der Waals surface area contributed by atoms with E-state index in [1.807, 2.05) is 6.07 Å². The van der Waals surface area contributed by atoms with Gasteiger partial charge in [0.25, 0.3) is 0 Å². The van der Waals surface area contributed by atoms with Gasteiger partial charge in [-0.3, -0.25) is 4.79 Å². The van der Waals surface area contributed by atoms with E-state index in [-0.39, 0.29) is 28.6 Å². The van der Waals surface area contributed by atoms with E-state index in [2.05, 4.69) is 0 Å². The van der Waals surface area contributed by atoms with E-state index in [0.717, 1.165) is 4.31 Å². The molecule has 1 aromatic rings. The molecule has 0 aromatic heterocycles. The summed E-state index contributed by atoms with van der Waals surface area (Å²) in [6, 6.07) is 5.77. The van der Waals surface area contributed by atoms with Crippen molar-refractivity contribution in [2.24, 2.45) is 5.92 Å². The minimum atomic E-state index is -3.84. The highest BCUT2D eigenvalue weighted by Gasteiger charge is 2.41. The molecule has 0 radical (unpaired) electrons. The zero-order chi connectivity index (χ0) is 14.2. The number of halogens is 1. The minimum Gasteiger partial charge on any atom is -0.481 e. The van der Waals surface area contributed by atoms with Crippen molar-refractivity contribution in [2.75, 3.05) is 13.1 Å². The minimum absolute atomic E-state index is 0.0118. The highest BCUT2D eigenvalue weighted by molar-refractivity contribution is 7.89. The van der Waals surface area contributed by atoms with Gasteiger partial charge < -0.3 is 5.11 Å². The summed E-state index contributed by atoms with van der Waals surface area (Å²) < 4.78 is 25.5.